The predicted octanol–water partition coefficient (Wildman–Crippen LogP) is 2.89. The first-order valence-corrected chi connectivity index (χ1v) is 10.6. The minimum atomic E-state index is 0.348. The summed E-state index contributed by atoms with van der Waals surface area (Å²) in [5, 5.41) is 0. The molecule has 148 valence electrons. The van der Waals surface area contributed by atoms with Crippen molar-refractivity contribution in [2.75, 3.05) is 65.7 Å². The molecule has 2 atom stereocenters. The van der Waals surface area contributed by atoms with E-state index >= 15 is 0 Å². The maximum Gasteiger partial charge on any atom is 0.193 e. The van der Waals surface area contributed by atoms with Crippen LogP contribution in [0, 0.1) is 0 Å². The number of likely N-dealkylation sites (N-methyl/N-ethyl adjacent to an activating group) is 2. The van der Waals surface area contributed by atoms with Gasteiger partial charge in [-0.05, 0) is 39.2 Å². The van der Waals surface area contributed by atoms with Crippen LogP contribution in [0.25, 0.3) is 0 Å². The fourth-order valence-corrected chi connectivity index (χ4v) is 4.21. The molecule has 0 radical (unpaired) electrons. The molecule has 2 heterocycles. The molecule has 0 aromatic rings. The van der Waals surface area contributed by atoms with Gasteiger partial charge in [0.15, 0.2) is 6.23 Å². The maximum absolute atomic E-state index is 6.41. The summed E-state index contributed by atoms with van der Waals surface area (Å²) in [6.07, 6.45) is 6.64. The van der Waals surface area contributed by atoms with E-state index in [0.29, 0.717) is 12.3 Å². The number of ether oxygens (including phenoxy) is 3. The Hall–Kier alpha value is -0.200. The van der Waals surface area contributed by atoms with Crippen molar-refractivity contribution in [3.05, 3.63) is 0 Å². The van der Waals surface area contributed by atoms with E-state index in [0.717, 1.165) is 83.0 Å². The molecule has 0 aliphatic carbocycles. The summed E-state index contributed by atoms with van der Waals surface area (Å²) in [5.74, 6) is 0. The molecule has 2 fully saturated rings. The Morgan fingerprint density at radius 2 is 1.92 bits per heavy atom. The Kier molecular flexibility index (Phi) is 9.71. The number of quaternary nitrogens is 1. The largest absolute Gasteiger partial charge is 0.376 e. The van der Waals surface area contributed by atoms with E-state index in [2.05, 4.69) is 25.7 Å². The van der Waals surface area contributed by atoms with Gasteiger partial charge in [-0.2, -0.15) is 0 Å². The fraction of sp³-hybridized carbons (Fsp3) is 1.00. The summed E-state index contributed by atoms with van der Waals surface area (Å²) in [6.45, 7) is 17.0. The first-order chi connectivity index (χ1) is 12.2. The van der Waals surface area contributed by atoms with Gasteiger partial charge in [0, 0.05) is 19.5 Å². The number of hydrogen-bond donors (Lipinski definition) is 0. The average molecular weight is 358 g/mol. The molecule has 0 spiro atoms. The lowest BCUT2D eigenvalue weighted by atomic mass is 10.1. The molecule has 0 bridgehead atoms. The molecule has 2 unspecified atom stereocenters. The smallest absolute Gasteiger partial charge is 0.193 e. The van der Waals surface area contributed by atoms with Crippen LogP contribution in [0.15, 0.2) is 0 Å². The molecular formula is C20H41N2O3+. The Labute approximate surface area is 155 Å². The Morgan fingerprint density at radius 3 is 2.60 bits per heavy atom. The highest BCUT2D eigenvalue weighted by atomic mass is 16.5. The molecule has 0 saturated carbocycles. The van der Waals surface area contributed by atoms with Gasteiger partial charge in [0.2, 0.25) is 0 Å². The Bertz CT molecular complexity index is 348. The third-order valence-electron chi connectivity index (χ3n) is 6.04. The molecule has 25 heavy (non-hydrogen) atoms. The molecule has 5 nitrogen and oxygen atoms in total. The van der Waals surface area contributed by atoms with Crippen LogP contribution in [0.1, 0.15) is 52.9 Å². The zero-order chi connectivity index (χ0) is 18.0. The fourth-order valence-electron chi connectivity index (χ4n) is 4.21. The van der Waals surface area contributed by atoms with Crippen molar-refractivity contribution in [2.24, 2.45) is 0 Å². The normalized spacial score (nSPS) is 25.8. The van der Waals surface area contributed by atoms with E-state index in [-0.39, 0.29) is 0 Å². The minimum absolute atomic E-state index is 0.348. The summed E-state index contributed by atoms with van der Waals surface area (Å²) in [6, 6.07) is 0. The average Bonchev–Trinajstić information content (AvgIpc) is 2.67. The molecule has 2 saturated heterocycles. The van der Waals surface area contributed by atoms with Gasteiger partial charge >= 0.3 is 0 Å². The van der Waals surface area contributed by atoms with E-state index in [1.54, 1.807) is 0 Å². The Balaban J connectivity index is 1.68. The van der Waals surface area contributed by atoms with Crippen molar-refractivity contribution >= 4 is 0 Å². The van der Waals surface area contributed by atoms with Crippen molar-refractivity contribution in [3.8, 4) is 0 Å². The number of rotatable bonds is 11. The van der Waals surface area contributed by atoms with Crippen LogP contribution in [0.5, 0.6) is 0 Å². The van der Waals surface area contributed by atoms with Crippen molar-refractivity contribution in [3.63, 3.8) is 0 Å². The quantitative estimate of drug-likeness (QED) is 0.420. The first kappa shape index (κ1) is 21.1. The summed E-state index contributed by atoms with van der Waals surface area (Å²) in [4.78, 5) is 2.50. The van der Waals surface area contributed by atoms with Gasteiger partial charge in [-0.25, -0.2) is 0 Å². The molecule has 0 aromatic carbocycles. The first-order valence-electron chi connectivity index (χ1n) is 10.6. The molecule has 2 aliphatic heterocycles. The number of morpholine rings is 2. The lowest BCUT2D eigenvalue weighted by Crippen LogP contribution is -2.61. The zero-order valence-electron chi connectivity index (χ0n) is 16.9. The van der Waals surface area contributed by atoms with E-state index in [1.807, 2.05) is 0 Å². The van der Waals surface area contributed by atoms with Gasteiger partial charge in [0.05, 0.1) is 39.1 Å². The second-order valence-electron chi connectivity index (χ2n) is 7.59. The summed E-state index contributed by atoms with van der Waals surface area (Å²) >= 11 is 0. The monoisotopic (exact) mass is 357 g/mol. The van der Waals surface area contributed by atoms with E-state index in [4.69, 9.17) is 14.2 Å². The maximum atomic E-state index is 6.41. The number of nitrogens with zero attached hydrogens (tertiary/aromatic N) is 2. The molecule has 0 N–H and O–H groups in total. The van der Waals surface area contributed by atoms with E-state index in [1.165, 1.54) is 19.3 Å². The van der Waals surface area contributed by atoms with Crippen LogP contribution in [0.3, 0.4) is 0 Å². The van der Waals surface area contributed by atoms with Gasteiger partial charge in [-0.1, -0.05) is 13.8 Å². The second-order valence-corrected chi connectivity index (χ2v) is 7.59. The van der Waals surface area contributed by atoms with E-state index in [9.17, 15) is 0 Å². The van der Waals surface area contributed by atoms with Gasteiger partial charge in [0.25, 0.3) is 0 Å². The summed E-state index contributed by atoms with van der Waals surface area (Å²) in [5.41, 5.74) is 0. The highest BCUT2D eigenvalue weighted by Crippen LogP contribution is 2.22. The SMILES string of the molecule is CCCC(OCCCCC1CN(CC)CCO1)[N+]1(CC)CCOCC1. The molecule has 0 aromatic heterocycles. The number of hydrogen-bond acceptors (Lipinski definition) is 4. The topological polar surface area (TPSA) is 30.9 Å². The van der Waals surface area contributed by atoms with Gasteiger partial charge in [-0.15, -0.1) is 0 Å². The van der Waals surface area contributed by atoms with Crippen LogP contribution in [-0.4, -0.2) is 87.4 Å². The lowest BCUT2D eigenvalue weighted by molar-refractivity contribution is -0.976. The van der Waals surface area contributed by atoms with Crippen molar-refractivity contribution in [1.82, 2.24) is 4.90 Å². The van der Waals surface area contributed by atoms with Crippen molar-refractivity contribution in [1.29, 1.82) is 0 Å². The number of unbranched alkanes of at least 4 members (excludes halogenated alkanes) is 1. The van der Waals surface area contributed by atoms with Crippen LogP contribution in [0.2, 0.25) is 0 Å². The zero-order valence-corrected chi connectivity index (χ0v) is 16.9. The molecule has 2 aliphatic rings. The van der Waals surface area contributed by atoms with Crippen molar-refractivity contribution < 1.29 is 18.7 Å². The second kappa shape index (κ2) is 11.5. The van der Waals surface area contributed by atoms with Crippen molar-refractivity contribution in [2.45, 2.75) is 65.2 Å². The molecular weight excluding hydrogens is 316 g/mol. The summed E-state index contributed by atoms with van der Waals surface area (Å²) < 4.78 is 19.0. The third kappa shape index (κ3) is 6.47. The summed E-state index contributed by atoms with van der Waals surface area (Å²) in [7, 11) is 0. The molecule has 5 heteroatoms. The van der Waals surface area contributed by atoms with Crippen LogP contribution in [0.4, 0.5) is 0 Å². The highest BCUT2D eigenvalue weighted by molar-refractivity contribution is 4.70. The highest BCUT2D eigenvalue weighted by Gasteiger charge is 2.37. The lowest BCUT2D eigenvalue weighted by Gasteiger charge is -2.45. The van der Waals surface area contributed by atoms with Gasteiger partial charge in [0.1, 0.15) is 13.1 Å². The minimum Gasteiger partial charge on any atom is -0.376 e. The van der Waals surface area contributed by atoms with E-state index < -0.39 is 0 Å². The van der Waals surface area contributed by atoms with Gasteiger partial charge < -0.3 is 14.2 Å². The predicted molar refractivity (Wildman–Crippen MR) is 102 cm³/mol. The Morgan fingerprint density at radius 1 is 1.12 bits per heavy atom. The standard InChI is InChI=1S/C20H41N2O3/c1-4-9-20(22(6-3)12-16-23-17-13-22)25-14-8-7-10-19-18-21(5-2)11-15-24-19/h19-20H,4-18H2,1-3H3/q+1. The van der Waals surface area contributed by atoms with Crippen LogP contribution < -0.4 is 0 Å². The van der Waals surface area contributed by atoms with Crippen LogP contribution in [-0.2, 0) is 14.2 Å². The molecule has 2 rings (SSSR count). The third-order valence-corrected chi connectivity index (χ3v) is 6.04. The van der Waals surface area contributed by atoms with Gasteiger partial charge in [-0.3, -0.25) is 9.38 Å². The molecule has 0 amide bonds. The van der Waals surface area contributed by atoms with Crippen LogP contribution >= 0.6 is 0 Å².